The highest BCUT2D eigenvalue weighted by molar-refractivity contribution is 6.56. The predicted molar refractivity (Wildman–Crippen MR) is 86.2 cm³/mol. The number of hydrogen-bond acceptors (Lipinski definition) is 1. The summed E-state index contributed by atoms with van der Waals surface area (Å²) in [6.45, 7) is 12.2. The Labute approximate surface area is 116 Å². The summed E-state index contributed by atoms with van der Waals surface area (Å²) in [5.41, 5.74) is 1.70. The molecule has 1 nitrogen and oxygen atoms in total. The molecule has 1 aliphatic rings. The van der Waals surface area contributed by atoms with Crippen LogP contribution in [0.15, 0.2) is 11.6 Å². The van der Waals surface area contributed by atoms with Crippen LogP contribution in [-0.2, 0) is 0 Å². The molecule has 1 fully saturated rings. The lowest BCUT2D eigenvalue weighted by Gasteiger charge is -2.31. The van der Waals surface area contributed by atoms with Gasteiger partial charge in [0.15, 0.2) is 0 Å². The molecule has 2 heteroatoms. The normalized spacial score (nSPS) is 22.4. The third-order valence-electron chi connectivity index (χ3n) is 4.24. The van der Waals surface area contributed by atoms with E-state index in [0.29, 0.717) is 6.04 Å². The molecular weight excluding hydrogens is 234 g/mol. The first-order chi connectivity index (χ1) is 8.65. The van der Waals surface area contributed by atoms with Crippen molar-refractivity contribution < 1.29 is 0 Å². The maximum absolute atomic E-state index is 2.75. The molecule has 1 atom stereocenters. The lowest BCUT2D eigenvalue weighted by atomic mass is 10.1. The van der Waals surface area contributed by atoms with Crippen LogP contribution in [0.4, 0.5) is 0 Å². The summed E-state index contributed by atoms with van der Waals surface area (Å²) < 4.78 is 0. The molecule has 0 radical (unpaired) electrons. The van der Waals surface area contributed by atoms with E-state index < -0.39 is 8.80 Å². The SMILES string of the molecule is C/C=C(/C[SiH](C)C)C(C)N1CCCCCCCC1. The maximum Gasteiger partial charge on any atom is 0.0349 e. The molecule has 0 aliphatic carbocycles. The van der Waals surface area contributed by atoms with E-state index in [9.17, 15) is 0 Å². The van der Waals surface area contributed by atoms with Gasteiger partial charge in [-0.3, -0.25) is 4.90 Å². The van der Waals surface area contributed by atoms with Gasteiger partial charge in [0, 0.05) is 14.8 Å². The topological polar surface area (TPSA) is 3.24 Å². The minimum Gasteiger partial charge on any atom is -0.297 e. The first-order valence-electron chi connectivity index (χ1n) is 8.04. The summed E-state index contributed by atoms with van der Waals surface area (Å²) in [5, 5.41) is 0. The second-order valence-corrected chi connectivity index (χ2v) is 9.49. The van der Waals surface area contributed by atoms with Gasteiger partial charge < -0.3 is 0 Å². The predicted octanol–water partition coefficient (Wildman–Crippen LogP) is 4.46. The van der Waals surface area contributed by atoms with Gasteiger partial charge >= 0.3 is 0 Å². The minimum absolute atomic E-state index is 0.480. The Balaban J connectivity index is 2.57. The Morgan fingerprint density at radius 3 is 2.00 bits per heavy atom. The monoisotopic (exact) mass is 267 g/mol. The van der Waals surface area contributed by atoms with Crippen molar-refractivity contribution in [2.45, 2.75) is 77.6 Å². The Kier molecular flexibility index (Phi) is 7.92. The van der Waals surface area contributed by atoms with E-state index in [2.05, 4.69) is 37.9 Å². The molecule has 0 aromatic heterocycles. The molecule has 0 saturated carbocycles. The number of nitrogens with zero attached hydrogens (tertiary/aromatic N) is 1. The third kappa shape index (κ3) is 5.70. The Hall–Kier alpha value is -0.0831. The Bertz CT molecular complexity index is 237. The minimum atomic E-state index is -0.480. The van der Waals surface area contributed by atoms with Crippen LogP contribution in [0.5, 0.6) is 0 Å². The molecule has 0 bridgehead atoms. The standard InChI is InChI=1S/C16H33NSi/c1-5-16(14-18(3)4)15(2)17-12-10-8-6-7-9-11-13-17/h5,15,18H,6-14H2,1-4H3/b16-5-. The average Bonchev–Trinajstić information content (AvgIpc) is 2.48. The van der Waals surface area contributed by atoms with Crippen molar-refractivity contribution in [3.05, 3.63) is 11.6 Å². The first kappa shape index (κ1) is 16.0. The molecule has 1 rings (SSSR count). The molecule has 0 amide bonds. The van der Waals surface area contributed by atoms with Crippen LogP contribution in [0.1, 0.15) is 52.4 Å². The largest absolute Gasteiger partial charge is 0.297 e. The van der Waals surface area contributed by atoms with Gasteiger partial charge in [-0.25, -0.2) is 0 Å². The van der Waals surface area contributed by atoms with Crippen LogP contribution in [0, 0.1) is 0 Å². The molecule has 0 aromatic rings. The van der Waals surface area contributed by atoms with E-state index in [1.54, 1.807) is 5.57 Å². The summed E-state index contributed by atoms with van der Waals surface area (Å²) in [5.74, 6) is 0. The lowest BCUT2D eigenvalue weighted by Crippen LogP contribution is -2.36. The van der Waals surface area contributed by atoms with Gasteiger partial charge in [-0.1, -0.05) is 50.4 Å². The van der Waals surface area contributed by atoms with E-state index in [1.165, 1.54) is 57.7 Å². The fraction of sp³-hybridized carbons (Fsp3) is 0.875. The highest BCUT2D eigenvalue weighted by atomic mass is 28.3. The number of rotatable bonds is 4. The van der Waals surface area contributed by atoms with Crippen LogP contribution in [0.2, 0.25) is 19.1 Å². The summed E-state index contributed by atoms with van der Waals surface area (Å²) in [7, 11) is -0.480. The van der Waals surface area contributed by atoms with Gasteiger partial charge in [-0.15, -0.1) is 0 Å². The van der Waals surface area contributed by atoms with Crippen molar-refractivity contribution in [2.24, 2.45) is 0 Å². The van der Waals surface area contributed by atoms with Gasteiger partial charge in [0.1, 0.15) is 0 Å². The van der Waals surface area contributed by atoms with Gasteiger partial charge in [0.2, 0.25) is 0 Å². The fourth-order valence-corrected chi connectivity index (χ4v) is 4.59. The molecule has 0 spiro atoms. The van der Waals surface area contributed by atoms with Crippen LogP contribution in [-0.4, -0.2) is 32.8 Å². The molecular formula is C16H33NSi. The van der Waals surface area contributed by atoms with Crippen molar-refractivity contribution in [3.63, 3.8) is 0 Å². The molecule has 18 heavy (non-hydrogen) atoms. The van der Waals surface area contributed by atoms with Crippen molar-refractivity contribution in [1.82, 2.24) is 4.90 Å². The molecule has 1 heterocycles. The first-order valence-corrected chi connectivity index (χ1v) is 11.2. The van der Waals surface area contributed by atoms with Gasteiger partial charge in [-0.2, -0.15) is 0 Å². The third-order valence-corrected chi connectivity index (χ3v) is 5.53. The molecule has 1 aliphatic heterocycles. The maximum atomic E-state index is 2.75. The Morgan fingerprint density at radius 1 is 1.06 bits per heavy atom. The highest BCUT2D eigenvalue weighted by Crippen LogP contribution is 2.20. The summed E-state index contributed by atoms with van der Waals surface area (Å²) >= 11 is 0. The van der Waals surface area contributed by atoms with E-state index in [-0.39, 0.29) is 0 Å². The molecule has 0 N–H and O–H groups in total. The van der Waals surface area contributed by atoms with Crippen LogP contribution in [0.3, 0.4) is 0 Å². The zero-order chi connectivity index (χ0) is 13.4. The number of allylic oxidation sites excluding steroid dienone is 1. The smallest absolute Gasteiger partial charge is 0.0349 e. The van der Waals surface area contributed by atoms with Gasteiger partial charge in [0.05, 0.1) is 0 Å². The van der Waals surface area contributed by atoms with Crippen LogP contribution < -0.4 is 0 Å². The Morgan fingerprint density at radius 2 is 1.56 bits per heavy atom. The van der Waals surface area contributed by atoms with E-state index >= 15 is 0 Å². The average molecular weight is 268 g/mol. The second kappa shape index (κ2) is 8.92. The molecule has 1 saturated heterocycles. The van der Waals surface area contributed by atoms with E-state index in [1.807, 2.05) is 0 Å². The second-order valence-electron chi connectivity index (χ2n) is 6.29. The van der Waals surface area contributed by atoms with E-state index in [0.717, 1.165) is 0 Å². The van der Waals surface area contributed by atoms with Crippen LogP contribution in [0.25, 0.3) is 0 Å². The van der Waals surface area contributed by atoms with Crippen molar-refractivity contribution in [3.8, 4) is 0 Å². The highest BCUT2D eigenvalue weighted by Gasteiger charge is 2.18. The van der Waals surface area contributed by atoms with Gasteiger partial charge in [-0.05, 0) is 45.8 Å². The van der Waals surface area contributed by atoms with E-state index in [4.69, 9.17) is 0 Å². The summed E-state index contributed by atoms with van der Waals surface area (Å²) in [4.78, 5) is 2.75. The van der Waals surface area contributed by atoms with Crippen molar-refractivity contribution >= 4 is 8.80 Å². The summed E-state index contributed by atoms with van der Waals surface area (Å²) in [6.07, 6.45) is 11.0. The lowest BCUT2D eigenvalue weighted by molar-refractivity contribution is 0.228. The zero-order valence-corrected chi connectivity index (χ0v) is 14.2. The fourth-order valence-electron chi connectivity index (χ4n) is 3.07. The molecule has 0 aromatic carbocycles. The van der Waals surface area contributed by atoms with Crippen molar-refractivity contribution in [1.29, 1.82) is 0 Å². The molecule has 1 unspecified atom stereocenters. The zero-order valence-electron chi connectivity index (χ0n) is 13.0. The molecule has 106 valence electrons. The van der Waals surface area contributed by atoms with Crippen LogP contribution >= 0.6 is 0 Å². The quantitative estimate of drug-likeness (QED) is 0.537. The summed E-state index contributed by atoms with van der Waals surface area (Å²) in [6, 6.07) is 2.08. The van der Waals surface area contributed by atoms with Crippen molar-refractivity contribution in [2.75, 3.05) is 13.1 Å². The van der Waals surface area contributed by atoms with Gasteiger partial charge in [0.25, 0.3) is 0 Å². The number of hydrogen-bond donors (Lipinski definition) is 0.